The molecule has 2 N–H and O–H groups in total. The van der Waals surface area contributed by atoms with Crippen LogP contribution in [0.1, 0.15) is 71.1 Å². The molecule has 110 valence electrons. The van der Waals surface area contributed by atoms with Gasteiger partial charge in [0.05, 0.1) is 0 Å². The molecule has 0 aromatic rings. The topological polar surface area (TPSA) is 66.8 Å². The zero-order chi connectivity index (χ0) is 13.7. The van der Waals surface area contributed by atoms with Crippen molar-refractivity contribution in [2.75, 3.05) is 0 Å². The van der Waals surface area contributed by atoms with Gasteiger partial charge in [-0.25, -0.2) is 4.57 Å². The highest BCUT2D eigenvalue weighted by Crippen LogP contribution is 2.35. The van der Waals surface area contributed by atoms with Gasteiger partial charge in [0.25, 0.3) is 0 Å². The third-order valence-corrected chi connectivity index (χ3v) is 5.87. The Morgan fingerprint density at radius 2 is 1.33 bits per heavy atom. The third kappa shape index (κ3) is 16.3. The molecule has 18 heavy (non-hydrogen) atoms. The van der Waals surface area contributed by atoms with Gasteiger partial charge < -0.3 is 14.0 Å². The van der Waals surface area contributed by atoms with Gasteiger partial charge in [-0.05, 0) is 6.04 Å². The van der Waals surface area contributed by atoms with Crippen molar-refractivity contribution in [3.05, 3.63) is 0 Å². The first-order valence-corrected chi connectivity index (χ1v) is 10.4. The summed E-state index contributed by atoms with van der Waals surface area (Å²) in [6, 6.07) is 0.877. The maximum Gasteiger partial charge on any atom is 0.459 e. The molecule has 0 amide bonds. The van der Waals surface area contributed by atoms with Crippen LogP contribution in [0.25, 0.3) is 0 Å². The van der Waals surface area contributed by atoms with Gasteiger partial charge >= 0.3 is 7.82 Å². The van der Waals surface area contributed by atoms with Crippen LogP contribution in [0.3, 0.4) is 0 Å². The van der Waals surface area contributed by atoms with E-state index in [1.807, 2.05) is 0 Å². The molecule has 0 bridgehead atoms. The molecule has 4 nitrogen and oxygen atoms in total. The van der Waals surface area contributed by atoms with Crippen LogP contribution in [0, 0.1) is 0 Å². The second-order valence-electron chi connectivity index (χ2n) is 4.86. The lowest BCUT2D eigenvalue weighted by Crippen LogP contribution is -1.95. The molecule has 0 atom stereocenters. The van der Waals surface area contributed by atoms with Crippen molar-refractivity contribution in [3.63, 3.8) is 0 Å². The lowest BCUT2D eigenvalue weighted by molar-refractivity contribution is 0.288. The summed E-state index contributed by atoms with van der Waals surface area (Å²) < 4.78 is 14.9. The van der Waals surface area contributed by atoms with Crippen molar-refractivity contribution < 1.29 is 18.6 Å². The summed E-state index contributed by atoms with van der Waals surface area (Å²) in [6.45, 7) is 2.24. The first kappa shape index (κ1) is 18.3. The molecule has 0 unspecified atom stereocenters. The van der Waals surface area contributed by atoms with Gasteiger partial charge in [-0.15, -0.1) is 0 Å². The van der Waals surface area contributed by atoms with Crippen LogP contribution < -0.4 is 0 Å². The van der Waals surface area contributed by atoms with Crippen LogP contribution in [0.2, 0.25) is 6.04 Å². The maximum atomic E-state index is 10.4. The number of phosphoric acid groups is 1. The first-order chi connectivity index (χ1) is 8.56. The van der Waals surface area contributed by atoms with Crippen molar-refractivity contribution >= 4 is 17.6 Å². The summed E-state index contributed by atoms with van der Waals surface area (Å²) in [4.78, 5) is 17.0. The number of hydrogen-bond donors (Lipinski definition) is 2. The van der Waals surface area contributed by atoms with E-state index in [9.17, 15) is 4.57 Å². The fraction of sp³-hybridized carbons (Fsp3) is 1.00. The predicted octanol–water partition coefficient (Wildman–Crippen LogP) is 3.52. The Morgan fingerprint density at radius 1 is 0.889 bits per heavy atom. The molecular weight excluding hydrogens is 267 g/mol. The SMILES string of the molecule is CCCCCCCCCCCC[SiH2]OP(=O)(O)O. The molecule has 0 aromatic carbocycles. The fourth-order valence-electron chi connectivity index (χ4n) is 1.95. The molecule has 0 spiro atoms. The van der Waals surface area contributed by atoms with E-state index in [1.165, 1.54) is 57.8 Å². The highest BCUT2D eigenvalue weighted by atomic mass is 31.2. The van der Waals surface area contributed by atoms with Crippen molar-refractivity contribution in [2.45, 2.75) is 77.2 Å². The van der Waals surface area contributed by atoms with Crippen molar-refractivity contribution in [3.8, 4) is 0 Å². The summed E-state index contributed by atoms with van der Waals surface area (Å²) >= 11 is 0. The molecule has 0 aromatic heterocycles. The van der Waals surface area contributed by atoms with Gasteiger partial charge in [-0.1, -0.05) is 71.1 Å². The van der Waals surface area contributed by atoms with E-state index in [2.05, 4.69) is 11.1 Å². The summed E-state index contributed by atoms with van der Waals surface area (Å²) in [6.07, 6.45) is 12.9. The lowest BCUT2D eigenvalue weighted by Gasteiger charge is -2.04. The molecule has 0 saturated heterocycles. The average Bonchev–Trinajstić information content (AvgIpc) is 2.29. The molecule has 0 aliphatic rings. The molecule has 6 heteroatoms. The summed E-state index contributed by atoms with van der Waals surface area (Å²) in [5.74, 6) is 0. The Labute approximate surface area is 114 Å². The van der Waals surface area contributed by atoms with E-state index in [0.29, 0.717) is 0 Å². The van der Waals surface area contributed by atoms with Crippen molar-refractivity contribution in [1.29, 1.82) is 0 Å². The number of rotatable bonds is 13. The summed E-state index contributed by atoms with van der Waals surface area (Å²) in [5, 5.41) is 0. The zero-order valence-corrected chi connectivity index (χ0v) is 14.0. The van der Waals surface area contributed by atoms with Crippen LogP contribution in [0.4, 0.5) is 0 Å². The molecule has 0 radical (unpaired) electrons. The van der Waals surface area contributed by atoms with Gasteiger partial charge in [-0.3, -0.25) is 0 Å². The Balaban J connectivity index is 3.01. The van der Waals surface area contributed by atoms with Crippen LogP contribution in [0.15, 0.2) is 0 Å². The Morgan fingerprint density at radius 3 is 1.78 bits per heavy atom. The van der Waals surface area contributed by atoms with E-state index < -0.39 is 17.6 Å². The van der Waals surface area contributed by atoms with Gasteiger partial charge in [0.15, 0.2) is 9.76 Å². The molecule has 0 heterocycles. The Bertz CT molecular complexity index is 220. The highest BCUT2D eigenvalue weighted by molar-refractivity contribution is 7.47. The minimum atomic E-state index is -4.18. The monoisotopic (exact) mass is 296 g/mol. The van der Waals surface area contributed by atoms with Crippen LogP contribution >= 0.6 is 7.82 Å². The highest BCUT2D eigenvalue weighted by Gasteiger charge is 2.11. The molecule has 0 rings (SSSR count). The van der Waals surface area contributed by atoms with Crippen LogP contribution in [-0.2, 0) is 8.78 Å². The van der Waals surface area contributed by atoms with E-state index >= 15 is 0 Å². The van der Waals surface area contributed by atoms with Crippen LogP contribution in [-0.4, -0.2) is 19.5 Å². The molecule has 0 fully saturated rings. The number of unbranched alkanes of at least 4 members (excludes halogenated alkanes) is 9. The van der Waals surface area contributed by atoms with E-state index in [-0.39, 0.29) is 0 Å². The van der Waals surface area contributed by atoms with Crippen molar-refractivity contribution in [1.82, 2.24) is 0 Å². The number of hydrogen-bond acceptors (Lipinski definition) is 2. The largest absolute Gasteiger partial charge is 0.459 e. The normalized spacial score (nSPS) is 12.6. The quantitative estimate of drug-likeness (QED) is 0.310. The maximum absolute atomic E-state index is 10.4. The average molecular weight is 296 g/mol. The first-order valence-electron chi connectivity index (χ1n) is 7.26. The Hall–Kier alpha value is 0.327. The predicted molar refractivity (Wildman–Crippen MR) is 78.3 cm³/mol. The smallest absolute Gasteiger partial charge is 0.338 e. The summed E-state index contributed by atoms with van der Waals surface area (Å²) in [7, 11) is -5.19. The van der Waals surface area contributed by atoms with Gasteiger partial charge in [0.1, 0.15) is 0 Å². The lowest BCUT2D eigenvalue weighted by atomic mass is 10.1. The van der Waals surface area contributed by atoms with Crippen molar-refractivity contribution in [2.24, 2.45) is 0 Å². The fourth-order valence-corrected chi connectivity index (χ4v) is 3.98. The van der Waals surface area contributed by atoms with Gasteiger partial charge in [-0.2, -0.15) is 0 Å². The zero-order valence-electron chi connectivity index (χ0n) is 11.6. The second kappa shape index (κ2) is 12.4. The third-order valence-electron chi connectivity index (χ3n) is 3.01. The van der Waals surface area contributed by atoms with Gasteiger partial charge in [0.2, 0.25) is 0 Å². The Kier molecular flexibility index (Phi) is 12.6. The van der Waals surface area contributed by atoms with Gasteiger partial charge in [0, 0.05) is 0 Å². The molecule has 0 aliphatic carbocycles. The molecule has 0 saturated carbocycles. The summed E-state index contributed by atoms with van der Waals surface area (Å²) in [5.41, 5.74) is 0. The minimum absolute atomic E-state index is 0.877. The minimum Gasteiger partial charge on any atom is -0.338 e. The van der Waals surface area contributed by atoms with E-state index in [0.717, 1.165) is 12.5 Å². The standard InChI is InChI=1S/C12H29O4PSi/c1-2-3-4-5-6-7-8-9-10-11-12-18-16-17(13,14)15/h2-12,18H2,1H3,(H2,13,14,15). The molecular formula is C12H29O4PSi. The second-order valence-corrected chi connectivity index (χ2v) is 7.99. The molecule has 0 aliphatic heterocycles. The van der Waals surface area contributed by atoms with E-state index in [4.69, 9.17) is 9.79 Å². The van der Waals surface area contributed by atoms with Crippen LogP contribution in [0.5, 0.6) is 0 Å². The van der Waals surface area contributed by atoms with E-state index in [1.54, 1.807) is 0 Å².